The third-order valence-corrected chi connectivity index (χ3v) is 5.10. The monoisotopic (exact) mass is 418 g/mol. The quantitative estimate of drug-likeness (QED) is 0.593. The molecule has 8 heteroatoms. The lowest BCUT2D eigenvalue weighted by atomic mass is 10.2. The fraction of sp³-hybridized carbons (Fsp3) is 0.636. The van der Waals surface area contributed by atoms with Crippen LogP contribution in [0.4, 0.5) is 0 Å². The van der Waals surface area contributed by atoms with Crippen LogP contribution in [0.25, 0.3) is 11.4 Å². The number of morpholine rings is 1. The molecule has 1 aromatic heterocycles. The molecule has 0 radical (unpaired) electrons. The Morgan fingerprint density at radius 2 is 2.03 bits per heavy atom. The molecule has 0 amide bonds. The molecule has 1 aliphatic rings. The van der Waals surface area contributed by atoms with Crippen molar-refractivity contribution in [2.75, 3.05) is 59.6 Å². The lowest BCUT2D eigenvalue weighted by Gasteiger charge is -2.31. The molecule has 0 aliphatic carbocycles. The minimum absolute atomic E-state index is 0.392. The summed E-state index contributed by atoms with van der Waals surface area (Å²) in [5.74, 6) is 2.43. The number of aliphatic hydroxyl groups excluding tert-OH is 1. The second kappa shape index (κ2) is 11.4. The van der Waals surface area contributed by atoms with Crippen molar-refractivity contribution in [3.8, 4) is 17.1 Å². The number of benzene rings is 1. The van der Waals surface area contributed by atoms with Crippen LogP contribution in [0.15, 0.2) is 28.8 Å². The molecule has 0 saturated carbocycles. The number of hydrogen-bond acceptors (Lipinski definition) is 8. The zero-order valence-electron chi connectivity index (χ0n) is 18.3. The molecule has 0 spiro atoms. The predicted octanol–water partition coefficient (Wildman–Crippen LogP) is 1.94. The van der Waals surface area contributed by atoms with E-state index in [0.29, 0.717) is 37.1 Å². The maximum atomic E-state index is 10.6. The fourth-order valence-corrected chi connectivity index (χ4v) is 3.70. The summed E-state index contributed by atoms with van der Waals surface area (Å²) in [6.07, 6.45) is 0.255. The van der Waals surface area contributed by atoms with E-state index in [0.717, 1.165) is 50.7 Å². The van der Waals surface area contributed by atoms with E-state index in [1.807, 2.05) is 24.3 Å². The highest BCUT2D eigenvalue weighted by Crippen LogP contribution is 2.21. The summed E-state index contributed by atoms with van der Waals surface area (Å²) in [7, 11) is 1.64. The number of ether oxygens (including phenoxy) is 2. The Labute approximate surface area is 178 Å². The summed E-state index contributed by atoms with van der Waals surface area (Å²) in [4.78, 5) is 9.08. The van der Waals surface area contributed by atoms with Crippen molar-refractivity contribution in [2.45, 2.75) is 26.4 Å². The number of aromatic nitrogens is 2. The van der Waals surface area contributed by atoms with Crippen LogP contribution in [0.5, 0.6) is 5.75 Å². The summed E-state index contributed by atoms with van der Waals surface area (Å²) < 4.78 is 16.1. The molecule has 0 bridgehead atoms. The number of aliphatic hydroxyl groups is 1. The van der Waals surface area contributed by atoms with Crippen LogP contribution in [-0.4, -0.2) is 90.7 Å². The molecule has 1 saturated heterocycles. The molecule has 3 rings (SSSR count). The molecular formula is C22H34N4O4. The Hall–Kier alpha value is -2.00. The first-order valence-corrected chi connectivity index (χ1v) is 10.7. The molecule has 1 atom stereocenters. The molecule has 1 aromatic carbocycles. The fourth-order valence-electron chi connectivity index (χ4n) is 3.70. The van der Waals surface area contributed by atoms with Crippen molar-refractivity contribution in [3.05, 3.63) is 30.2 Å². The predicted molar refractivity (Wildman–Crippen MR) is 115 cm³/mol. The molecular weight excluding hydrogens is 384 g/mol. The zero-order chi connectivity index (χ0) is 21.3. The van der Waals surface area contributed by atoms with Gasteiger partial charge in [-0.2, -0.15) is 4.98 Å². The number of β-amino-alcohol motifs (C(OH)–C–C–N with tert-alkyl or cyclic N) is 1. The Morgan fingerprint density at radius 1 is 1.23 bits per heavy atom. The summed E-state index contributed by atoms with van der Waals surface area (Å²) in [6, 6.07) is 7.62. The minimum atomic E-state index is -0.392. The van der Waals surface area contributed by atoms with Gasteiger partial charge in [-0.1, -0.05) is 31.1 Å². The van der Waals surface area contributed by atoms with E-state index in [1.165, 1.54) is 0 Å². The van der Waals surface area contributed by atoms with Gasteiger partial charge in [0.25, 0.3) is 0 Å². The van der Waals surface area contributed by atoms with Crippen molar-refractivity contribution in [1.82, 2.24) is 19.9 Å². The van der Waals surface area contributed by atoms with Crippen molar-refractivity contribution in [3.63, 3.8) is 0 Å². The van der Waals surface area contributed by atoms with Crippen molar-refractivity contribution >= 4 is 0 Å². The topological polar surface area (TPSA) is 84.1 Å². The van der Waals surface area contributed by atoms with Crippen LogP contribution >= 0.6 is 0 Å². The highest BCUT2D eigenvalue weighted by molar-refractivity contribution is 5.56. The van der Waals surface area contributed by atoms with E-state index >= 15 is 0 Å². The number of nitrogens with zero attached hydrogens (tertiary/aromatic N) is 4. The van der Waals surface area contributed by atoms with Crippen LogP contribution in [0.2, 0.25) is 0 Å². The Kier molecular flexibility index (Phi) is 8.62. The smallest absolute Gasteiger partial charge is 0.228 e. The van der Waals surface area contributed by atoms with Crippen molar-refractivity contribution in [2.24, 2.45) is 5.92 Å². The molecule has 1 aliphatic heterocycles. The largest absolute Gasteiger partial charge is 0.497 e. The minimum Gasteiger partial charge on any atom is -0.497 e. The molecule has 2 aromatic rings. The van der Waals surface area contributed by atoms with Gasteiger partial charge in [0.2, 0.25) is 11.7 Å². The molecule has 166 valence electrons. The zero-order valence-corrected chi connectivity index (χ0v) is 18.3. The molecule has 2 heterocycles. The molecule has 30 heavy (non-hydrogen) atoms. The standard InChI is InChI=1S/C22H34N4O4/c1-17(2)14-26(16-19(27)15-25-9-11-29-12-10-25)8-7-21-23-22(24-30-21)18-5-4-6-20(13-18)28-3/h4-6,13,17,19,27H,7-12,14-16H2,1-3H3/t19-/m0/s1. The lowest BCUT2D eigenvalue weighted by Crippen LogP contribution is -2.45. The second-order valence-corrected chi connectivity index (χ2v) is 8.21. The number of methoxy groups -OCH3 is 1. The van der Waals surface area contributed by atoms with E-state index in [-0.39, 0.29) is 0 Å². The van der Waals surface area contributed by atoms with Gasteiger partial charge in [0.05, 0.1) is 26.4 Å². The SMILES string of the molecule is COc1cccc(-c2noc(CCN(CC(C)C)C[C@@H](O)CN3CCOCC3)n2)c1. The number of rotatable bonds is 11. The Bertz CT molecular complexity index is 761. The maximum Gasteiger partial charge on any atom is 0.228 e. The van der Waals surface area contributed by atoms with E-state index in [1.54, 1.807) is 7.11 Å². The summed E-state index contributed by atoms with van der Waals surface area (Å²) >= 11 is 0. The van der Waals surface area contributed by atoms with Gasteiger partial charge in [0.15, 0.2) is 0 Å². The van der Waals surface area contributed by atoms with Gasteiger partial charge in [-0.3, -0.25) is 9.80 Å². The third kappa shape index (κ3) is 7.05. The molecule has 1 fully saturated rings. The first-order chi connectivity index (χ1) is 14.5. The van der Waals surface area contributed by atoms with Gasteiger partial charge in [0, 0.05) is 51.3 Å². The summed E-state index contributed by atoms with van der Waals surface area (Å²) in [5.41, 5.74) is 0.865. The summed E-state index contributed by atoms with van der Waals surface area (Å²) in [6.45, 7) is 10.6. The van der Waals surface area contributed by atoms with E-state index in [9.17, 15) is 5.11 Å². The van der Waals surface area contributed by atoms with Crippen LogP contribution in [0.3, 0.4) is 0 Å². The first-order valence-electron chi connectivity index (χ1n) is 10.7. The van der Waals surface area contributed by atoms with Crippen molar-refractivity contribution in [1.29, 1.82) is 0 Å². The average Bonchev–Trinajstić information content (AvgIpc) is 3.21. The maximum absolute atomic E-state index is 10.6. The van der Waals surface area contributed by atoms with Crippen LogP contribution in [0, 0.1) is 5.92 Å². The van der Waals surface area contributed by atoms with Gasteiger partial charge < -0.3 is 19.1 Å². The van der Waals surface area contributed by atoms with Gasteiger partial charge >= 0.3 is 0 Å². The lowest BCUT2D eigenvalue weighted by molar-refractivity contribution is 0.00606. The van der Waals surface area contributed by atoms with E-state index in [4.69, 9.17) is 14.0 Å². The van der Waals surface area contributed by atoms with Crippen LogP contribution in [0.1, 0.15) is 19.7 Å². The highest BCUT2D eigenvalue weighted by atomic mass is 16.5. The van der Waals surface area contributed by atoms with Gasteiger partial charge in [-0.25, -0.2) is 0 Å². The normalized spacial score (nSPS) is 16.3. The number of hydrogen-bond donors (Lipinski definition) is 1. The second-order valence-electron chi connectivity index (χ2n) is 8.21. The van der Waals surface area contributed by atoms with Gasteiger partial charge in [-0.05, 0) is 18.1 Å². The molecule has 0 unspecified atom stereocenters. The molecule has 1 N–H and O–H groups in total. The van der Waals surface area contributed by atoms with E-state index < -0.39 is 6.10 Å². The highest BCUT2D eigenvalue weighted by Gasteiger charge is 2.19. The third-order valence-electron chi connectivity index (χ3n) is 5.10. The van der Waals surface area contributed by atoms with E-state index in [2.05, 4.69) is 33.8 Å². The Morgan fingerprint density at radius 3 is 2.77 bits per heavy atom. The average molecular weight is 419 g/mol. The van der Waals surface area contributed by atoms with Crippen LogP contribution < -0.4 is 4.74 Å². The van der Waals surface area contributed by atoms with Crippen molar-refractivity contribution < 1.29 is 19.1 Å². The Balaban J connectivity index is 1.54. The summed E-state index contributed by atoms with van der Waals surface area (Å²) in [5, 5.41) is 14.7. The first kappa shape index (κ1) is 22.7. The van der Waals surface area contributed by atoms with Gasteiger partial charge in [0.1, 0.15) is 5.75 Å². The van der Waals surface area contributed by atoms with Gasteiger partial charge in [-0.15, -0.1) is 0 Å². The molecule has 8 nitrogen and oxygen atoms in total. The van der Waals surface area contributed by atoms with Crippen LogP contribution in [-0.2, 0) is 11.2 Å².